The third kappa shape index (κ3) is 4.61. The lowest BCUT2D eigenvalue weighted by atomic mass is 9.96. The van der Waals surface area contributed by atoms with Crippen molar-refractivity contribution in [3.8, 4) is 0 Å². The first-order valence-corrected chi connectivity index (χ1v) is 7.26. The summed E-state index contributed by atoms with van der Waals surface area (Å²) in [4.78, 5) is 24.4. The molecular formula is C16H22ClO2-. The van der Waals surface area contributed by atoms with Crippen molar-refractivity contribution in [2.24, 2.45) is 0 Å². The first-order valence-electron chi connectivity index (χ1n) is 7.26. The van der Waals surface area contributed by atoms with E-state index in [1.165, 1.54) is 12.8 Å². The molecule has 0 aromatic carbocycles. The van der Waals surface area contributed by atoms with Gasteiger partial charge in [0.2, 0.25) is 11.6 Å². The average Bonchev–Trinajstić information content (AvgIpc) is 2.81. The summed E-state index contributed by atoms with van der Waals surface area (Å²) < 4.78 is 0. The van der Waals surface area contributed by atoms with E-state index in [4.69, 9.17) is 0 Å². The fourth-order valence-corrected chi connectivity index (χ4v) is 2.73. The maximum atomic E-state index is 12.2. The first kappa shape index (κ1) is 16.2. The third-order valence-corrected chi connectivity index (χ3v) is 3.87. The fraction of sp³-hybridized carbons (Fsp3) is 0.625. The van der Waals surface area contributed by atoms with E-state index in [9.17, 15) is 9.59 Å². The molecule has 0 N–H and O–H groups in total. The summed E-state index contributed by atoms with van der Waals surface area (Å²) in [5.41, 5.74) is 1.53. The Morgan fingerprint density at radius 2 is 1.11 bits per heavy atom. The van der Waals surface area contributed by atoms with Crippen LogP contribution < -0.4 is 12.4 Å². The molecule has 0 spiro atoms. The minimum atomic E-state index is -0.231. The minimum absolute atomic E-state index is 0. The van der Waals surface area contributed by atoms with Crippen LogP contribution in [0.25, 0.3) is 0 Å². The normalized spacial score (nSPS) is 20.2. The Bertz CT molecular complexity index is 356. The van der Waals surface area contributed by atoms with Crippen LogP contribution in [0.1, 0.15) is 64.2 Å². The van der Waals surface area contributed by atoms with Crippen molar-refractivity contribution in [1.29, 1.82) is 0 Å². The van der Waals surface area contributed by atoms with E-state index in [2.05, 4.69) is 0 Å². The van der Waals surface area contributed by atoms with E-state index < -0.39 is 0 Å². The van der Waals surface area contributed by atoms with Crippen LogP contribution >= 0.6 is 0 Å². The van der Waals surface area contributed by atoms with Crippen molar-refractivity contribution < 1.29 is 22.0 Å². The van der Waals surface area contributed by atoms with Crippen molar-refractivity contribution in [2.45, 2.75) is 64.2 Å². The molecule has 106 valence electrons. The van der Waals surface area contributed by atoms with Crippen LogP contribution in [0, 0.1) is 0 Å². The van der Waals surface area contributed by atoms with Crippen molar-refractivity contribution in [1.82, 2.24) is 0 Å². The summed E-state index contributed by atoms with van der Waals surface area (Å²) >= 11 is 0. The lowest BCUT2D eigenvalue weighted by molar-refractivity contribution is -0.132. The number of halogens is 1. The molecule has 0 fully saturated rings. The van der Waals surface area contributed by atoms with Gasteiger partial charge < -0.3 is 12.4 Å². The molecule has 0 saturated carbocycles. The molecule has 2 aliphatic carbocycles. The van der Waals surface area contributed by atoms with Crippen LogP contribution in [0.15, 0.2) is 23.3 Å². The number of carbonyl (C=O) groups excluding carboxylic acids is 2. The number of hydrogen-bond acceptors (Lipinski definition) is 2. The van der Waals surface area contributed by atoms with Gasteiger partial charge in [0.25, 0.3) is 0 Å². The van der Waals surface area contributed by atoms with Gasteiger partial charge >= 0.3 is 0 Å². The van der Waals surface area contributed by atoms with Gasteiger partial charge in [0.1, 0.15) is 0 Å². The van der Waals surface area contributed by atoms with Gasteiger partial charge in [-0.2, -0.15) is 0 Å². The van der Waals surface area contributed by atoms with E-state index in [-0.39, 0.29) is 24.0 Å². The molecule has 2 rings (SSSR count). The lowest BCUT2D eigenvalue weighted by Crippen LogP contribution is -3.00. The standard InChI is InChI=1S/C16H22O2.ClH/c17-15(13-9-5-1-2-6-10-13)16(18)14-11-7-3-4-8-12-14;/h9,11H,1-8,10,12H2;1H/p-1. The van der Waals surface area contributed by atoms with Gasteiger partial charge in [-0.15, -0.1) is 0 Å². The summed E-state index contributed by atoms with van der Waals surface area (Å²) in [6.07, 6.45) is 14.2. The van der Waals surface area contributed by atoms with Crippen LogP contribution in [0.3, 0.4) is 0 Å². The summed E-state index contributed by atoms with van der Waals surface area (Å²) in [6, 6.07) is 0. The van der Waals surface area contributed by atoms with E-state index in [0.29, 0.717) is 0 Å². The number of hydrogen-bond donors (Lipinski definition) is 0. The van der Waals surface area contributed by atoms with Gasteiger partial charge in [-0.1, -0.05) is 25.0 Å². The zero-order chi connectivity index (χ0) is 12.8. The Morgan fingerprint density at radius 3 is 1.53 bits per heavy atom. The average molecular weight is 282 g/mol. The molecule has 3 heteroatoms. The molecule has 0 bridgehead atoms. The summed E-state index contributed by atoms with van der Waals surface area (Å²) in [5.74, 6) is -0.463. The summed E-state index contributed by atoms with van der Waals surface area (Å²) in [6.45, 7) is 0. The Hall–Kier alpha value is -0.890. The van der Waals surface area contributed by atoms with E-state index in [1.54, 1.807) is 0 Å². The highest BCUT2D eigenvalue weighted by molar-refractivity contribution is 6.48. The summed E-state index contributed by atoms with van der Waals surface area (Å²) in [5, 5.41) is 0. The monoisotopic (exact) mass is 281 g/mol. The Labute approximate surface area is 121 Å². The minimum Gasteiger partial charge on any atom is -1.00 e. The smallest absolute Gasteiger partial charge is 0.228 e. The van der Waals surface area contributed by atoms with Gasteiger partial charge in [0.15, 0.2) is 0 Å². The molecule has 0 radical (unpaired) electrons. The first-order chi connectivity index (χ1) is 8.79. The van der Waals surface area contributed by atoms with E-state index in [1.807, 2.05) is 12.2 Å². The van der Waals surface area contributed by atoms with Crippen LogP contribution in [-0.2, 0) is 9.59 Å². The number of Topliss-reactive ketones (excluding diaryl/α,β-unsaturated/α-hetero) is 2. The Kier molecular flexibility index (Phi) is 7.07. The molecule has 19 heavy (non-hydrogen) atoms. The number of rotatable bonds is 3. The quantitative estimate of drug-likeness (QED) is 0.721. The SMILES string of the molecule is O=C(C(=O)C1=CCCCCC1)C1=CCCCCC1.[Cl-]. The molecular weight excluding hydrogens is 260 g/mol. The molecule has 2 aliphatic rings. The maximum Gasteiger partial charge on any atom is 0.228 e. The third-order valence-electron chi connectivity index (χ3n) is 3.87. The molecule has 0 aromatic rings. The number of allylic oxidation sites excluding steroid dienone is 4. The molecule has 0 aliphatic heterocycles. The predicted molar refractivity (Wildman–Crippen MR) is 72.4 cm³/mol. The fourth-order valence-electron chi connectivity index (χ4n) is 2.73. The molecule has 2 nitrogen and oxygen atoms in total. The Balaban J connectivity index is 0.00000180. The highest BCUT2D eigenvalue weighted by atomic mass is 35.5. The largest absolute Gasteiger partial charge is 1.00 e. The van der Waals surface area contributed by atoms with Gasteiger partial charge in [0.05, 0.1) is 0 Å². The van der Waals surface area contributed by atoms with Gasteiger partial charge in [-0.25, -0.2) is 0 Å². The molecule has 0 unspecified atom stereocenters. The van der Waals surface area contributed by atoms with Crippen molar-refractivity contribution in [3.05, 3.63) is 23.3 Å². The van der Waals surface area contributed by atoms with Gasteiger partial charge in [-0.05, 0) is 62.5 Å². The second kappa shape index (κ2) is 8.31. The second-order valence-electron chi connectivity index (χ2n) is 5.32. The molecule has 0 heterocycles. The summed E-state index contributed by atoms with van der Waals surface area (Å²) in [7, 11) is 0. The van der Waals surface area contributed by atoms with Crippen LogP contribution in [0.5, 0.6) is 0 Å². The predicted octanol–water partition coefficient (Wildman–Crippen LogP) is 0.910. The molecule has 0 aromatic heterocycles. The van der Waals surface area contributed by atoms with Gasteiger partial charge in [0, 0.05) is 0 Å². The van der Waals surface area contributed by atoms with Crippen molar-refractivity contribution in [3.63, 3.8) is 0 Å². The topological polar surface area (TPSA) is 34.1 Å². The van der Waals surface area contributed by atoms with Crippen LogP contribution in [0.4, 0.5) is 0 Å². The Morgan fingerprint density at radius 1 is 0.684 bits per heavy atom. The van der Waals surface area contributed by atoms with Crippen molar-refractivity contribution in [2.75, 3.05) is 0 Å². The molecule has 0 amide bonds. The zero-order valence-electron chi connectivity index (χ0n) is 11.4. The highest BCUT2D eigenvalue weighted by Crippen LogP contribution is 2.22. The lowest BCUT2D eigenvalue weighted by Gasteiger charge is -2.06. The van der Waals surface area contributed by atoms with Crippen LogP contribution in [0.2, 0.25) is 0 Å². The second-order valence-corrected chi connectivity index (χ2v) is 5.32. The van der Waals surface area contributed by atoms with E-state index in [0.717, 1.165) is 62.5 Å². The van der Waals surface area contributed by atoms with Crippen molar-refractivity contribution >= 4 is 11.6 Å². The zero-order valence-corrected chi connectivity index (χ0v) is 12.2. The van der Waals surface area contributed by atoms with E-state index >= 15 is 0 Å². The highest BCUT2D eigenvalue weighted by Gasteiger charge is 2.23. The molecule has 0 atom stereocenters. The maximum absolute atomic E-state index is 12.2. The number of carbonyl (C=O) groups is 2. The van der Waals surface area contributed by atoms with Crippen LogP contribution in [-0.4, -0.2) is 11.6 Å². The number of ketones is 2. The molecule has 0 saturated heterocycles. The van der Waals surface area contributed by atoms with Gasteiger partial charge in [-0.3, -0.25) is 9.59 Å².